The highest BCUT2D eigenvalue weighted by Gasteiger charge is 2.17. The van der Waals surface area contributed by atoms with Gasteiger partial charge in [-0.25, -0.2) is 0 Å². The minimum absolute atomic E-state index is 0.108. The Balaban J connectivity index is 2.02. The topological polar surface area (TPSA) is 38.9 Å². The minimum atomic E-state index is 0.108. The van der Waals surface area contributed by atoms with Crippen molar-refractivity contribution in [1.82, 2.24) is 10.2 Å². The molecule has 2 aromatic heterocycles. The first-order valence-electron chi connectivity index (χ1n) is 4.94. The highest BCUT2D eigenvalue weighted by atomic mass is 35.5. The number of aryl methyl sites for hydroxylation is 2. The molecule has 0 saturated heterocycles. The van der Waals surface area contributed by atoms with Crippen LogP contribution in [-0.4, -0.2) is 10.2 Å². The van der Waals surface area contributed by atoms with Gasteiger partial charge >= 0.3 is 5.35 Å². The van der Waals surface area contributed by atoms with Gasteiger partial charge in [0.15, 0.2) is 0 Å². The molecule has 3 rings (SSSR count). The molecule has 0 aliphatic heterocycles. The SMILES string of the molecule is Clc1nnc(-c2cc3c(s2)CCCC3)o1. The largest absolute Gasteiger partial charge is 0.407 e. The lowest BCUT2D eigenvalue weighted by Crippen LogP contribution is -1.96. The number of hydrogen-bond acceptors (Lipinski definition) is 4. The van der Waals surface area contributed by atoms with Crippen molar-refractivity contribution in [3.05, 3.63) is 21.9 Å². The van der Waals surface area contributed by atoms with E-state index in [4.69, 9.17) is 16.0 Å². The van der Waals surface area contributed by atoms with Crippen molar-refractivity contribution in [2.45, 2.75) is 25.7 Å². The van der Waals surface area contributed by atoms with Crippen LogP contribution < -0.4 is 0 Å². The number of rotatable bonds is 1. The summed E-state index contributed by atoms with van der Waals surface area (Å²) in [5.74, 6) is 0.541. The van der Waals surface area contributed by atoms with E-state index in [-0.39, 0.29) is 5.35 Å². The zero-order chi connectivity index (χ0) is 10.3. The van der Waals surface area contributed by atoms with E-state index in [1.165, 1.54) is 36.1 Å². The summed E-state index contributed by atoms with van der Waals surface area (Å²) in [6, 6.07) is 2.16. The van der Waals surface area contributed by atoms with Crippen LogP contribution >= 0.6 is 22.9 Å². The molecular formula is C10H9ClN2OS. The van der Waals surface area contributed by atoms with Crippen LogP contribution in [0.3, 0.4) is 0 Å². The van der Waals surface area contributed by atoms with Crippen LogP contribution in [0, 0.1) is 0 Å². The van der Waals surface area contributed by atoms with Crippen LogP contribution in [0.5, 0.6) is 0 Å². The van der Waals surface area contributed by atoms with Crippen LogP contribution in [0.15, 0.2) is 10.5 Å². The molecule has 1 aliphatic rings. The Labute approximate surface area is 96.1 Å². The zero-order valence-electron chi connectivity index (χ0n) is 7.99. The van der Waals surface area contributed by atoms with E-state index in [9.17, 15) is 0 Å². The van der Waals surface area contributed by atoms with Gasteiger partial charge in [-0.15, -0.1) is 16.4 Å². The molecule has 1 aliphatic carbocycles. The first kappa shape index (κ1) is 9.36. The standard InChI is InChI=1S/C10H9ClN2OS/c11-10-13-12-9(14-10)8-5-6-3-1-2-4-7(6)15-8/h5H,1-4H2. The Morgan fingerprint density at radius 2 is 2.13 bits per heavy atom. The minimum Gasteiger partial charge on any atom is -0.407 e. The van der Waals surface area contributed by atoms with Gasteiger partial charge in [0, 0.05) is 4.88 Å². The first-order valence-corrected chi connectivity index (χ1v) is 6.13. The Morgan fingerprint density at radius 3 is 2.87 bits per heavy atom. The quantitative estimate of drug-likeness (QED) is 0.768. The highest BCUT2D eigenvalue weighted by Crippen LogP contribution is 2.35. The van der Waals surface area contributed by atoms with Gasteiger partial charge in [-0.05, 0) is 48.9 Å². The molecule has 0 saturated carbocycles. The lowest BCUT2D eigenvalue weighted by atomic mass is 9.99. The second-order valence-corrected chi connectivity index (χ2v) is 5.09. The van der Waals surface area contributed by atoms with E-state index in [0.29, 0.717) is 5.89 Å². The average Bonchev–Trinajstić information content (AvgIpc) is 2.82. The van der Waals surface area contributed by atoms with Crippen molar-refractivity contribution in [3.8, 4) is 10.8 Å². The molecule has 0 unspecified atom stereocenters. The van der Waals surface area contributed by atoms with Gasteiger partial charge in [-0.1, -0.05) is 5.10 Å². The van der Waals surface area contributed by atoms with E-state index in [1.54, 1.807) is 11.3 Å². The van der Waals surface area contributed by atoms with Crippen LogP contribution in [0.1, 0.15) is 23.3 Å². The molecule has 15 heavy (non-hydrogen) atoms. The molecule has 3 nitrogen and oxygen atoms in total. The fraction of sp³-hybridized carbons (Fsp3) is 0.400. The maximum atomic E-state index is 5.60. The van der Waals surface area contributed by atoms with E-state index in [0.717, 1.165) is 4.88 Å². The number of aromatic nitrogens is 2. The van der Waals surface area contributed by atoms with Crippen molar-refractivity contribution in [1.29, 1.82) is 0 Å². The van der Waals surface area contributed by atoms with Crippen LogP contribution in [0.2, 0.25) is 5.35 Å². The van der Waals surface area contributed by atoms with Gasteiger partial charge in [0.1, 0.15) is 0 Å². The fourth-order valence-electron chi connectivity index (χ4n) is 1.90. The van der Waals surface area contributed by atoms with Crippen molar-refractivity contribution in [2.24, 2.45) is 0 Å². The molecule has 2 heterocycles. The van der Waals surface area contributed by atoms with E-state index in [1.807, 2.05) is 0 Å². The second kappa shape index (κ2) is 3.61. The fourth-order valence-corrected chi connectivity index (χ4v) is 3.19. The van der Waals surface area contributed by atoms with E-state index >= 15 is 0 Å². The Bertz CT molecular complexity index is 468. The summed E-state index contributed by atoms with van der Waals surface area (Å²) in [5, 5.41) is 7.65. The summed E-state index contributed by atoms with van der Waals surface area (Å²) in [6.07, 6.45) is 4.93. The summed E-state index contributed by atoms with van der Waals surface area (Å²) in [4.78, 5) is 2.51. The van der Waals surface area contributed by atoms with Crippen LogP contribution in [0.4, 0.5) is 0 Å². The number of fused-ring (bicyclic) bond motifs is 1. The van der Waals surface area contributed by atoms with Gasteiger partial charge in [-0.2, -0.15) is 0 Å². The lowest BCUT2D eigenvalue weighted by molar-refractivity contribution is 0.572. The average molecular weight is 241 g/mol. The van der Waals surface area contributed by atoms with Gasteiger partial charge in [0.25, 0.3) is 5.89 Å². The predicted molar refractivity (Wildman–Crippen MR) is 59.3 cm³/mol. The van der Waals surface area contributed by atoms with Crippen LogP contribution in [-0.2, 0) is 12.8 Å². The monoisotopic (exact) mass is 240 g/mol. The van der Waals surface area contributed by atoms with Gasteiger partial charge in [0.2, 0.25) is 0 Å². The smallest absolute Gasteiger partial charge is 0.313 e. The number of nitrogens with zero attached hydrogens (tertiary/aromatic N) is 2. The lowest BCUT2D eigenvalue weighted by Gasteiger charge is -2.08. The summed E-state index contributed by atoms with van der Waals surface area (Å²) in [7, 11) is 0. The molecule has 0 fully saturated rings. The maximum Gasteiger partial charge on any atom is 0.313 e. The molecule has 0 atom stereocenters. The number of hydrogen-bond donors (Lipinski definition) is 0. The predicted octanol–water partition coefficient (Wildman–Crippen LogP) is 3.33. The molecule has 0 spiro atoms. The Hall–Kier alpha value is -0.870. The van der Waals surface area contributed by atoms with Crippen molar-refractivity contribution < 1.29 is 4.42 Å². The van der Waals surface area contributed by atoms with Crippen LogP contribution in [0.25, 0.3) is 10.8 Å². The number of thiophene rings is 1. The third kappa shape index (κ3) is 1.68. The highest BCUT2D eigenvalue weighted by molar-refractivity contribution is 7.15. The zero-order valence-corrected chi connectivity index (χ0v) is 9.57. The van der Waals surface area contributed by atoms with Crippen molar-refractivity contribution in [2.75, 3.05) is 0 Å². The normalized spacial score (nSPS) is 15.3. The third-order valence-electron chi connectivity index (χ3n) is 2.61. The van der Waals surface area contributed by atoms with Crippen molar-refractivity contribution >= 4 is 22.9 Å². The maximum absolute atomic E-state index is 5.60. The summed E-state index contributed by atoms with van der Waals surface area (Å²) >= 11 is 7.35. The van der Waals surface area contributed by atoms with E-state index in [2.05, 4.69) is 16.3 Å². The Kier molecular flexibility index (Phi) is 2.25. The molecular weight excluding hydrogens is 232 g/mol. The molecule has 0 radical (unpaired) electrons. The number of halogens is 1. The van der Waals surface area contributed by atoms with Gasteiger partial charge in [-0.3, -0.25) is 0 Å². The van der Waals surface area contributed by atoms with E-state index < -0.39 is 0 Å². The summed E-state index contributed by atoms with van der Waals surface area (Å²) in [5.41, 5.74) is 1.44. The first-order chi connectivity index (χ1) is 7.33. The summed E-state index contributed by atoms with van der Waals surface area (Å²) < 4.78 is 5.20. The molecule has 78 valence electrons. The molecule has 0 amide bonds. The van der Waals surface area contributed by atoms with Crippen molar-refractivity contribution in [3.63, 3.8) is 0 Å². The molecule has 2 aromatic rings. The Morgan fingerprint density at radius 1 is 1.27 bits per heavy atom. The van der Waals surface area contributed by atoms with Gasteiger partial charge in [0.05, 0.1) is 4.88 Å². The molecule has 0 bridgehead atoms. The van der Waals surface area contributed by atoms with Gasteiger partial charge < -0.3 is 4.42 Å². The third-order valence-corrected chi connectivity index (χ3v) is 3.99. The summed E-state index contributed by atoms with van der Waals surface area (Å²) in [6.45, 7) is 0. The second-order valence-electron chi connectivity index (χ2n) is 3.63. The molecule has 5 heteroatoms. The molecule has 0 N–H and O–H groups in total. The molecule has 0 aromatic carbocycles.